The number of likely N-dealkylation sites (tertiary alicyclic amines) is 1. The van der Waals surface area contributed by atoms with Crippen molar-refractivity contribution in [1.82, 2.24) is 24.6 Å². The largest absolute Gasteiger partial charge is 0.342 e. The van der Waals surface area contributed by atoms with Crippen molar-refractivity contribution < 1.29 is 4.79 Å². The number of nitrogens with zero attached hydrogens (tertiary/aromatic N) is 5. The molecule has 2 aromatic heterocycles. The van der Waals surface area contributed by atoms with E-state index in [0.717, 1.165) is 47.3 Å². The van der Waals surface area contributed by atoms with E-state index in [2.05, 4.69) is 41.2 Å². The molecule has 0 radical (unpaired) electrons. The predicted octanol–water partition coefficient (Wildman–Crippen LogP) is 3.99. The Hall–Kier alpha value is -2.67. The molecule has 0 aliphatic carbocycles. The number of carbonyl (C=O) groups is 1. The summed E-state index contributed by atoms with van der Waals surface area (Å²) >= 11 is 1.45. The number of hydrogen-bond acceptors (Lipinski definition) is 5. The Morgan fingerprint density at radius 1 is 1.17 bits per heavy atom. The number of aromatic nitrogens is 4. The molecular weight excluding hydrogens is 382 g/mol. The molecule has 6 nitrogen and oxygen atoms in total. The van der Waals surface area contributed by atoms with Gasteiger partial charge in [-0.2, -0.15) is 0 Å². The highest BCUT2D eigenvalue weighted by atomic mass is 32.2. The number of para-hydroxylation sites is 1. The maximum Gasteiger partial charge on any atom is 0.233 e. The van der Waals surface area contributed by atoms with Gasteiger partial charge in [0.15, 0.2) is 11.0 Å². The molecule has 0 N–H and O–H groups in total. The van der Waals surface area contributed by atoms with Crippen LogP contribution in [-0.4, -0.2) is 49.4 Å². The van der Waals surface area contributed by atoms with Gasteiger partial charge in [0, 0.05) is 31.0 Å². The molecule has 1 aromatic carbocycles. The summed E-state index contributed by atoms with van der Waals surface area (Å²) < 4.78 is 2.04. The van der Waals surface area contributed by atoms with Crippen molar-refractivity contribution in [1.29, 1.82) is 0 Å². The lowest BCUT2D eigenvalue weighted by Crippen LogP contribution is -2.40. The highest BCUT2D eigenvalue weighted by Gasteiger charge is 2.23. The number of aryl methyl sites for hydroxylation is 1. The third kappa shape index (κ3) is 4.34. The number of rotatable bonds is 5. The molecule has 150 valence electrons. The lowest BCUT2D eigenvalue weighted by atomic mass is 10.0. The van der Waals surface area contributed by atoms with Crippen LogP contribution in [0.4, 0.5) is 0 Å². The van der Waals surface area contributed by atoms with Crippen LogP contribution in [0.1, 0.15) is 25.3 Å². The normalized spacial score (nSPS) is 16.8. The summed E-state index contributed by atoms with van der Waals surface area (Å²) in [5, 5.41) is 9.60. The molecule has 0 bridgehead atoms. The van der Waals surface area contributed by atoms with E-state index in [0.29, 0.717) is 11.7 Å². The molecule has 1 saturated heterocycles. The first kappa shape index (κ1) is 19.6. The predicted molar refractivity (Wildman–Crippen MR) is 115 cm³/mol. The maximum absolute atomic E-state index is 12.7. The Balaban J connectivity index is 1.63. The number of carbonyl (C=O) groups excluding carboxylic acids is 1. The van der Waals surface area contributed by atoms with Gasteiger partial charge >= 0.3 is 0 Å². The molecule has 3 aromatic rings. The van der Waals surface area contributed by atoms with Crippen LogP contribution < -0.4 is 0 Å². The fourth-order valence-corrected chi connectivity index (χ4v) is 4.56. The maximum atomic E-state index is 12.7. The molecule has 0 spiro atoms. The molecule has 1 unspecified atom stereocenters. The second kappa shape index (κ2) is 8.78. The first-order chi connectivity index (χ1) is 14.1. The smallest absolute Gasteiger partial charge is 0.233 e. The van der Waals surface area contributed by atoms with Crippen LogP contribution in [0.2, 0.25) is 0 Å². The van der Waals surface area contributed by atoms with Crippen LogP contribution in [-0.2, 0) is 4.79 Å². The van der Waals surface area contributed by atoms with Crippen LogP contribution in [0.25, 0.3) is 17.1 Å². The molecule has 1 fully saturated rings. The second-order valence-corrected chi connectivity index (χ2v) is 8.48. The van der Waals surface area contributed by atoms with Gasteiger partial charge in [-0.1, -0.05) is 36.9 Å². The minimum Gasteiger partial charge on any atom is -0.342 e. The Bertz CT molecular complexity index is 988. The summed E-state index contributed by atoms with van der Waals surface area (Å²) in [6.45, 7) is 5.99. The zero-order valence-corrected chi connectivity index (χ0v) is 17.6. The molecule has 0 saturated carbocycles. The van der Waals surface area contributed by atoms with E-state index in [-0.39, 0.29) is 5.91 Å². The minimum atomic E-state index is 0.173. The van der Waals surface area contributed by atoms with Gasteiger partial charge in [0.2, 0.25) is 5.91 Å². The summed E-state index contributed by atoms with van der Waals surface area (Å²) in [6, 6.07) is 12.0. The quantitative estimate of drug-likeness (QED) is 0.599. The SMILES string of the molecule is Cc1ccccc1-n1c(SCC(=O)N2CCCC(C)C2)nnc1-c1ccncc1. The third-order valence-electron chi connectivity index (χ3n) is 5.26. The molecule has 3 heterocycles. The fourth-order valence-electron chi connectivity index (χ4n) is 3.72. The lowest BCUT2D eigenvalue weighted by molar-refractivity contribution is -0.130. The summed E-state index contributed by atoms with van der Waals surface area (Å²) in [6.07, 6.45) is 5.79. The summed E-state index contributed by atoms with van der Waals surface area (Å²) in [4.78, 5) is 18.8. The molecule has 7 heteroatoms. The third-order valence-corrected chi connectivity index (χ3v) is 6.18. The van der Waals surface area contributed by atoms with E-state index in [1.54, 1.807) is 12.4 Å². The summed E-state index contributed by atoms with van der Waals surface area (Å²) in [5.41, 5.74) is 3.09. The standard InChI is InChI=1S/C22H25N5OS/c1-16-6-5-13-26(14-16)20(28)15-29-22-25-24-21(18-9-11-23-12-10-18)27(22)19-8-4-3-7-17(19)2/h3-4,7-12,16H,5-6,13-15H2,1-2H3. The van der Waals surface area contributed by atoms with Crippen molar-refractivity contribution in [2.75, 3.05) is 18.8 Å². The molecular formula is C22H25N5OS. The van der Waals surface area contributed by atoms with Crippen molar-refractivity contribution in [3.05, 3.63) is 54.4 Å². The van der Waals surface area contributed by atoms with E-state index >= 15 is 0 Å². The van der Waals surface area contributed by atoms with Crippen LogP contribution in [0.15, 0.2) is 53.9 Å². The molecule has 4 rings (SSSR count). The van der Waals surface area contributed by atoms with Gasteiger partial charge in [-0.15, -0.1) is 10.2 Å². The van der Waals surface area contributed by atoms with E-state index in [9.17, 15) is 4.79 Å². The van der Waals surface area contributed by atoms with Gasteiger partial charge in [0.05, 0.1) is 11.4 Å². The van der Waals surface area contributed by atoms with Crippen molar-refractivity contribution >= 4 is 17.7 Å². The zero-order chi connectivity index (χ0) is 20.2. The van der Waals surface area contributed by atoms with Crippen LogP contribution in [0.3, 0.4) is 0 Å². The number of amides is 1. The van der Waals surface area contributed by atoms with E-state index < -0.39 is 0 Å². The van der Waals surface area contributed by atoms with E-state index in [1.807, 2.05) is 33.7 Å². The lowest BCUT2D eigenvalue weighted by Gasteiger charge is -2.30. The molecule has 1 amide bonds. The summed E-state index contributed by atoms with van der Waals surface area (Å²) in [5.74, 6) is 1.87. The van der Waals surface area contributed by atoms with Crippen molar-refractivity contribution in [3.8, 4) is 17.1 Å². The first-order valence-corrected chi connectivity index (χ1v) is 10.9. The average molecular weight is 408 g/mol. The number of thioether (sulfide) groups is 1. The number of hydrogen-bond donors (Lipinski definition) is 0. The average Bonchev–Trinajstić information content (AvgIpc) is 3.16. The Labute approximate surface area is 175 Å². The van der Waals surface area contributed by atoms with Crippen LogP contribution in [0, 0.1) is 12.8 Å². The van der Waals surface area contributed by atoms with Gasteiger partial charge in [-0.3, -0.25) is 14.3 Å². The Kier molecular flexibility index (Phi) is 5.94. The first-order valence-electron chi connectivity index (χ1n) is 9.96. The Morgan fingerprint density at radius 2 is 1.97 bits per heavy atom. The monoisotopic (exact) mass is 407 g/mol. The van der Waals surface area contributed by atoms with E-state index in [4.69, 9.17) is 0 Å². The van der Waals surface area contributed by atoms with Gasteiger partial charge in [-0.25, -0.2) is 0 Å². The molecule has 1 aliphatic rings. The van der Waals surface area contributed by atoms with Crippen molar-refractivity contribution in [3.63, 3.8) is 0 Å². The van der Waals surface area contributed by atoms with Gasteiger partial charge in [0.25, 0.3) is 0 Å². The number of piperidine rings is 1. The topological polar surface area (TPSA) is 63.9 Å². The highest BCUT2D eigenvalue weighted by Crippen LogP contribution is 2.29. The van der Waals surface area contributed by atoms with Gasteiger partial charge in [-0.05, 0) is 49.4 Å². The fraction of sp³-hybridized carbons (Fsp3) is 0.364. The zero-order valence-electron chi connectivity index (χ0n) is 16.8. The van der Waals surface area contributed by atoms with Gasteiger partial charge in [0.1, 0.15) is 0 Å². The van der Waals surface area contributed by atoms with Crippen LogP contribution in [0.5, 0.6) is 0 Å². The van der Waals surface area contributed by atoms with Gasteiger partial charge < -0.3 is 4.90 Å². The number of pyridine rings is 1. The Morgan fingerprint density at radius 3 is 2.72 bits per heavy atom. The second-order valence-electron chi connectivity index (χ2n) is 7.54. The number of benzene rings is 1. The molecule has 1 aliphatic heterocycles. The van der Waals surface area contributed by atoms with Crippen molar-refractivity contribution in [2.24, 2.45) is 5.92 Å². The molecule has 29 heavy (non-hydrogen) atoms. The van der Waals surface area contributed by atoms with E-state index in [1.165, 1.54) is 18.2 Å². The highest BCUT2D eigenvalue weighted by molar-refractivity contribution is 7.99. The van der Waals surface area contributed by atoms with Crippen molar-refractivity contribution in [2.45, 2.75) is 31.8 Å². The summed E-state index contributed by atoms with van der Waals surface area (Å²) in [7, 11) is 0. The van der Waals surface area contributed by atoms with Crippen LogP contribution >= 0.6 is 11.8 Å². The molecule has 1 atom stereocenters. The minimum absolute atomic E-state index is 0.173.